The first-order valence-electron chi connectivity index (χ1n) is 8.91. The Kier molecular flexibility index (Phi) is 6.51. The average Bonchev–Trinajstić information content (AvgIpc) is 2.73. The SMILES string of the molecule is Cc1ccc(Cl)cc1NC(=O)/C(C#N)=C\Nc1ccc(Nc2ccccc2)cc1. The number of nitrogens with one attached hydrogen (secondary N) is 3. The molecular weight excluding hydrogens is 384 g/mol. The molecule has 5 nitrogen and oxygen atoms in total. The number of hydrogen-bond acceptors (Lipinski definition) is 4. The molecule has 0 unspecified atom stereocenters. The molecule has 3 N–H and O–H groups in total. The van der Waals surface area contributed by atoms with E-state index in [-0.39, 0.29) is 5.57 Å². The van der Waals surface area contributed by atoms with E-state index in [9.17, 15) is 10.1 Å². The molecule has 0 saturated heterocycles. The maximum Gasteiger partial charge on any atom is 0.267 e. The summed E-state index contributed by atoms with van der Waals surface area (Å²) in [5, 5.41) is 18.8. The van der Waals surface area contributed by atoms with Crippen LogP contribution in [-0.4, -0.2) is 5.91 Å². The van der Waals surface area contributed by atoms with Gasteiger partial charge in [-0.15, -0.1) is 0 Å². The first-order valence-corrected chi connectivity index (χ1v) is 9.29. The zero-order valence-corrected chi connectivity index (χ0v) is 16.5. The molecule has 0 aliphatic carbocycles. The third-order valence-electron chi connectivity index (χ3n) is 4.14. The molecule has 6 heteroatoms. The van der Waals surface area contributed by atoms with Crippen molar-refractivity contribution in [2.75, 3.05) is 16.0 Å². The largest absolute Gasteiger partial charge is 0.360 e. The Morgan fingerprint density at radius 1 is 0.966 bits per heavy atom. The Hall–Kier alpha value is -3.75. The fourth-order valence-corrected chi connectivity index (χ4v) is 2.73. The van der Waals surface area contributed by atoms with Gasteiger partial charge in [0, 0.05) is 34.0 Å². The van der Waals surface area contributed by atoms with Crippen LogP contribution in [0.3, 0.4) is 0 Å². The van der Waals surface area contributed by atoms with Crippen LogP contribution in [0.1, 0.15) is 5.56 Å². The second-order valence-corrected chi connectivity index (χ2v) is 6.73. The molecule has 29 heavy (non-hydrogen) atoms. The van der Waals surface area contributed by atoms with E-state index < -0.39 is 5.91 Å². The molecule has 0 aliphatic heterocycles. The van der Waals surface area contributed by atoms with Crippen LogP contribution in [0.15, 0.2) is 84.6 Å². The number of nitriles is 1. The van der Waals surface area contributed by atoms with Crippen molar-refractivity contribution in [1.82, 2.24) is 0 Å². The number of rotatable bonds is 6. The number of halogens is 1. The molecule has 0 radical (unpaired) electrons. The number of benzene rings is 3. The van der Waals surface area contributed by atoms with E-state index in [1.807, 2.05) is 67.6 Å². The van der Waals surface area contributed by atoms with Crippen LogP contribution in [-0.2, 0) is 4.79 Å². The Labute approximate surface area is 174 Å². The van der Waals surface area contributed by atoms with Crippen molar-refractivity contribution in [2.45, 2.75) is 6.92 Å². The van der Waals surface area contributed by atoms with E-state index in [1.165, 1.54) is 6.20 Å². The third-order valence-corrected chi connectivity index (χ3v) is 4.38. The minimum Gasteiger partial charge on any atom is -0.360 e. The van der Waals surface area contributed by atoms with Gasteiger partial charge in [-0.3, -0.25) is 4.79 Å². The standard InChI is InChI=1S/C23H19ClN4O/c1-16-7-8-18(24)13-22(16)28-23(29)17(14-25)15-26-19-9-11-21(12-10-19)27-20-5-3-2-4-6-20/h2-13,15,26-27H,1H3,(H,28,29)/b17-15-. The van der Waals surface area contributed by atoms with Gasteiger partial charge in [-0.05, 0) is 61.0 Å². The van der Waals surface area contributed by atoms with Crippen molar-refractivity contribution in [2.24, 2.45) is 0 Å². The molecule has 3 aromatic carbocycles. The normalized spacial score (nSPS) is 10.7. The lowest BCUT2D eigenvalue weighted by Gasteiger charge is -2.09. The number of hydrogen-bond donors (Lipinski definition) is 3. The molecule has 0 saturated carbocycles. The van der Waals surface area contributed by atoms with Crippen molar-refractivity contribution in [3.63, 3.8) is 0 Å². The van der Waals surface area contributed by atoms with Crippen LogP contribution < -0.4 is 16.0 Å². The van der Waals surface area contributed by atoms with Gasteiger partial charge in [0.05, 0.1) is 0 Å². The molecule has 0 atom stereocenters. The van der Waals surface area contributed by atoms with Crippen LogP contribution in [0.4, 0.5) is 22.7 Å². The van der Waals surface area contributed by atoms with Crippen LogP contribution in [0.5, 0.6) is 0 Å². The highest BCUT2D eigenvalue weighted by molar-refractivity contribution is 6.31. The van der Waals surface area contributed by atoms with E-state index in [4.69, 9.17) is 11.6 Å². The summed E-state index contributed by atoms with van der Waals surface area (Å²) in [5.74, 6) is -0.507. The van der Waals surface area contributed by atoms with E-state index in [0.717, 1.165) is 22.6 Å². The number of carbonyl (C=O) groups is 1. The highest BCUT2D eigenvalue weighted by atomic mass is 35.5. The summed E-state index contributed by atoms with van der Waals surface area (Å²) in [6, 6.07) is 24.5. The first kappa shape index (κ1) is 20.0. The molecule has 3 aromatic rings. The lowest BCUT2D eigenvalue weighted by atomic mass is 10.2. The molecule has 0 aromatic heterocycles. The van der Waals surface area contributed by atoms with Crippen molar-refractivity contribution < 1.29 is 4.79 Å². The highest BCUT2D eigenvalue weighted by Gasteiger charge is 2.11. The van der Waals surface area contributed by atoms with E-state index in [1.54, 1.807) is 18.2 Å². The van der Waals surface area contributed by atoms with Gasteiger partial charge in [0.2, 0.25) is 0 Å². The summed E-state index contributed by atoms with van der Waals surface area (Å²) in [4.78, 5) is 12.4. The summed E-state index contributed by atoms with van der Waals surface area (Å²) >= 11 is 5.97. The maximum absolute atomic E-state index is 12.4. The second-order valence-electron chi connectivity index (χ2n) is 6.30. The summed E-state index contributed by atoms with van der Waals surface area (Å²) in [7, 11) is 0. The summed E-state index contributed by atoms with van der Waals surface area (Å²) in [5.41, 5.74) is 4.06. The molecule has 3 rings (SSSR count). The number of nitrogens with zero attached hydrogens (tertiary/aromatic N) is 1. The molecular formula is C23H19ClN4O. The quantitative estimate of drug-likeness (QED) is 0.357. The molecule has 0 bridgehead atoms. The molecule has 0 spiro atoms. The van der Waals surface area contributed by atoms with Crippen LogP contribution in [0.25, 0.3) is 0 Å². The number of amides is 1. The maximum atomic E-state index is 12.4. The van der Waals surface area contributed by atoms with E-state index in [2.05, 4.69) is 16.0 Å². The number of anilines is 4. The van der Waals surface area contributed by atoms with E-state index in [0.29, 0.717) is 10.7 Å². The molecule has 144 valence electrons. The zero-order valence-electron chi connectivity index (χ0n) is 15.7. The minimum absolute atomic E-state index is 0.0455. The van der Waals surface area contributed by atoms with Crippen LogP contribution in [0, 0.1) is 18.3 Å². The predicted molar refractivity (Wildman–Crippen MR) is 118 cm³/mol. The van der Waals surface area contributed by atoms with Crippen molar-refractivity contribution in [1.29, 1.82) is 5.26 Å². The van der Waals surface area contributed by atoms with Gasteiger partial charge < -0.3 is 16.0 Å². The van der Waals surface area contributed by atoms with Crippen molar-refractivity contribution >= 4 is 40.3 Å². The molecule has 0 fully saturated rings. The van der Waals surface area contributed by atoms with Gasteiger partial charge in [-0.2, -0.15) is 5.26 Å². The Bertz CT molecular complexity index is 1070. The fraction of sp³-hybridized carbons (Fsp3) is 0.0435. The van der Waals surface area contributed by atoms with E-state index >= 15 is 0 Å². The molecule has 0 heterocycles. The van der Waals surface area contributed by atoms with Crippen LogP contribution >= 0.6 is 11.6 Å². The first-order chi connectivity index (χ1) is 14.0. The molecule has 1 amide bonds. The minimum atomic E-state index is -0.507. The predicted octanol–water partition coefficient (Wildman–Crippen LogP) is 5.85. The summed E-state index contributed by atoms with van der Waals surface area (Å²) < 4.78 is 0. The highest BCUT2D eigenvalue weighted by Crippen LogP contribution is 2.21. The third kappa shape index (κ3) is 5.61. The number of aryl methyl sites for hydroxylation is 1. The Balaban J connectivity index is 1.64. The van der Waals surface area contributed by atoms with Crippen LogP contribution in [0.2, 0.25) is 5.02 Å². The lowest BCUT2D eigenvalue weighted by Crippen LogP contribution is -2.15. The summed E-state index contributed by atoms with van der Waals surface area (Å²) in [6.45, 7) is 1.85. The number of carbonyl (C=O) groups excluding carboxylic acids is 1. The van der Waals surface area contributed by atoms with Crippen molar-refractivity contribution in [3.05, 3.63) is 95.2 Å². The van der Waals surface area contributed by atoms with Gasteiger partial charge in [0.25, 0.3) is 5.91 Å². The van der Waals surface area contributed by atoms with Gasteiger partial charge in [0.1, 0.15) is 11.6 Å². The Morgan fingerprint density at radius 3 is 2.31 bits per heavy atom. The van der Waals surface area contributed by atoms with Gasteiger partial charge >= 0.3 is 0 Å². The Morgan fingerprint density at radius 2 is 1.62 bits per heavy atom. The monoisotopic (exact) mass is 402 g/mol. The lowest BCUT2D eigenvalue weighted by molar-refractivity contribution is -0.112. The average molecular weight is 403 g/mol. The van der Waals surface area contributed by atoms with Gasteiger partial charge in [0.15, 0.2) is 0 Å². The second kappa shape index (κ2) is 9.45. The summed E-state index contributed by atoms with van der Waals surface area (Å²) in [6.07, 6.45) is 1.38. The number of para-hydroxylation sites is 1. The zero-order chi connectivity index (χ0) is 20.6. The smallest absolute Gasteiger partial charge is 0.267 e. The van der Waals surface area contributed by atoms with Gasteiger partial charge in [-0.1, -0.05) is 35.9 Å². The topological polar surface area (TPSA) is 77.0 Å². The van der Waals surface area contributed by atoms with Gasteiger partial charge in [-0.25, -0.2) is 0 Å². The van der Waals surface area contributed by atoms with Crippen molar-refractivity contribution in [3.8, 4) is 6.07 Å². The molecule has 0 aliphatic rings. The fourth-order valence-electron chi connectivity index (χ4n) is 2.56.